The van der Waals surface area contributed by atoms with Crippen LogP contribution in [0.15, 0.2) is 30.3 Å². The van der Waals surface area contributed by atoms with Crippen LogP contribution in [0.5, 0.6) is 5.75 Å². The first-order chi connectivity index (χ1) is 22.6. The summed E-state index contributed by atoms with van der Waals surface area (Å²) in [5, 5.41) is 3.70. The van der Waals surface area contributed by atoms with Crippen molar-refractivity contribution in [2.45, 2.75) is 82.5 Å². The minimum absolute atomic E-state index is 0.00511. The van der Waals surface area contributed by atoms with Crippen molar-refractivity contribution in [3.63, 3.8) is 0 Å². The number of piperidine rings is 1. The van der Waals surface area contributed by atoms with Gasteiger partial charge >= 0.3 is 0 Å². The number of hydrogen-bond donors (Lipinski definition) is 2. The summed E-state index contributed by atoms with van der Waals surface area (Å²) in [6.07, 6.45) is 5.47. The van der Waals surface area contributed by atoms with Crippen molar-refractivity contribution >= 4 is 33.9 Å². The number of amides is 2. The molecule has 3 aromatic heterocycles. The lowest BCUT2D eigenvalue weighted by molar-refractivity contribution is -0.125. The largest absolute Gasteiger partial charge is 0.494 e. The number of hydrogen-bond acceptors (Lipinski definition) is 6. The third-order valence-electron chi connectivity index (χ3n) is 11.2. The minimum Gasteiger partial charge on any atom is -0.494 e. The Hall–Kier alpha value is -4.06. The molecule has 5 heterocycles. The van der Waals surface area contributed by atoms with Gasteiger partial charge in [0.25, 0.3) is 11.8 Å². The van der Waals surface area contributed by atoms with Gasteiger partial charge in [-0.1, -0.05) is 12.8 Å². The number of carbonyl (C=O) groups excluding carboxylic acids is 2. The van der Waals surface area contributed by atoms with Gasteiger partial charge < -0.3 is 29.8 Å². The number of halogens is 2. The van der Waals surface area contributed by atoms with Gasteiger partial charge in [-0.15, -0.1) is 0 Å². The summed E-state index contributed by atoms with van der Waals surface area (Å²) < 4.78 is 39.0. The van der Waals surface area contributed by atoms with Crippen LogP contribution in [0, 0.1) is 17.8 Å². The Bertz CT molecular complexity index is 1920. The quantitative estimate of drug-likeness (QED) is 0.317. The molecule has 8 rings (SSSR count). The number of fused-ring (bicyclic) bond motifs is 5. The maximum absolute atomic E-state index is 14.5. The Labute approximate surface area is 271 Å². The van der Waals surface area contributed by atoms with Crippen molar-refractivity contribution in [1.82, 2.24) is 29.3 Å². The number of ether oxygens (including phenoxy) is 1. The van der Waals surface area contributed by atoms with Crippen molar-refractivity contribution in [3.8, 4) is 17.3 Å². The molecule has 2 saturated carbocycles. The van der Waals surface area contributed by atoms with Crippen molar-refractivity contribution in [2.24, 2.45) is 30.5 Å². The number of carbonyl (C=O) groups is 2. The molecule has 47 heavy (non-hydrogen) atoms. The van der Waals surface area contributed by atoms with Crippen LogP contribution in [0.3, 0.4) is 0 Å². The fraction of sp³-hybridized carbons (Fsp3) is 0.543. The normalized spacial score (nSPS) is 28.7. The van der Waals surface area contributed by atoms with E-state index < -0.39 is 29.7 Å². The molecule has 12 heteroatoms. The molecule has 4 aromatic rings. The van der Waals surface area contributed by atoms with E-state index >= 15 is 0 Å². The fourth-order valence-electron chi connectivity index (χ4n) is 8.51. The predicted molar refractivity (Wildman–Crippen MR) is 173 cm³/mol. The van der Waals surface area contributed by atoms with Crippen LogP contribution in [0.1, 0.15) is 74.0 Å². The van der Waals surface area contributed by atoms with E-state index in [1.165, 1.54) is 0 Å². The van der Waals surface area contributed by atoms with Crippen molar-refractivity contribution in [1.29, 1.82) is 0 Å². The number of methoxy groups -OCH3 is 1. The summed E-state index contributed by atoms with van der Waals surface area (Å²) in [5.41, 5.74) is 10.6. The van der Waals surface area contributed by atoms with Gasteiger partial charge in [0.05, 0.1) is 30.1 Å². The van der Waals surface area contributed by atoms with Crippen LogP contribution >= 0.6 is 0 Å². The molecule has 10 nitrogen and oxygen atoms in total. The van der Waals surface area contributed by atoms with Crippen LogP contribution in [0.4, 0.5) is 8.78 Å². The molecular formula is C35H41F2N7O3. The van der Waals surface area contributed by atoms with Crippen molar-refractivity contribution in [2.75, 3.05) is 13.7 Å². The zero-order valence-corrected chi connectivity index (χ0v) is 27.0. The third-order valence-corrected chi connectivity index (χ3v) is 11.2. The number of rotatable bonds is 3. The van der Waals surface area contributed by atoms with Gasteiger partial charge in [-0.05, 0) is 75.3 Å². The van der Waals surface area contributed by atoms with Gasteiger partial charge in [0.2, 0.25) is 5.91 Å². The highest BCUT2D eigenvalue weighted by atomic mass is 19.3. The molecule has 4 bridgehead atoms. The summed E-state index contributed by atoms with van der Waals surface area (Å²) in [6, 6.07) is 9.20. The minimum atomic E-state index is -2.95. The molecule has 4 aliphatic rings. The number of likely N-dealkylation sites (tertiary alicyclic amines) is 1. The molecule has 2 aliphatic heterocycles. The second kappa shape index (κ2) is 11.0. The first-order valence-electron chi connectivity index (χ1n) is 16.9. The zero-order chi connectivity index (χ0) is 32.8. The van der Waals surface area contributed by atoms with Crippen molar-refractivity contribution < 1.29 is 23.1 Å². The first-order valence-corrected chi connectivity index (χ1v) is 16.9. The Morgan fingerprint density at radius 2 is 1.94 bits per heavy atom. The van der Waals surface area contributed by atoms with Gasteiger partial charge in [0.1, 0.15) is 22.8 Å². The molecule has 6 atom stereocenters. The molecular weight excluding hydrogens is 604 g/mol. The van der Waals surface area contributed by atoms with E-state index in [0.717, 1.165) is 54.3 Å². The number of alkyl halides is 2. The number of aryl methyl sites for hydroxylation is 2. The molecule has 2 amide bonds. The standard InChI is InChI=1S/C35H41F2N7O3/c1-18-25-11-9-20-15-27(43(31(20)40-25)12-6-4-5-7-23-29(33(45)39-18)35(23,36)37)32-41-26-14-21(16-28(47-3)30(26)42(32)2)34(46)44-17-24(38)19-8-10-22(44)13-19/h9,11,14-16,18-19,22-24,29H,4-8,10,12-13,17,38H2,1-3H3,(H,39,45)/t18-,19-,22+,23+,24+,29-/m1/s1. The van der Waals surface area contributed by atoms with Crippen LogP contribution in [0.25, 0.3) is 33.6 Å². The molecule has 1 aromatic carbocycles. The predicted octanol–water partition coefficient (Wildman–Crippen LogP) is 5.18. The van der Waals surface area contributed by atoms with Crippen LogP contribution in [-0.4, -0.2) is 67.5 Å². The number of pyridine rings is 1. The number of nitrogens with one attached hydrogen (secondary N) is 1. The lowest BCUT2D eigenvalue weighted by atomic mass is 9.94. The van der Waals surface area contributed by atoms with Gasteiger partial charge in [-0.3, -0.25) is 9.59 Å². The van der Waals surface area contributed by atoms with Crippen LogP contribution in [-0.2, 0) is 18.4 Å². The summed E-state index contributed by atoms with van der Waals surface area (Å²) in [5.74, 6) is -4.02. The second-order valence-electron chi connectivity index (χ2n) is 14.1. The van der Waals surface area contributed by atoms with E-state index in [1.807, 2.05) is 34.7 Å². The topological polar surface area (TPSA) is 120 Å². The van der Waals surface area contributed by atoms with Gasteiger partial charge in [0.15, 0.2) is 5.82 Å². The molecule has 2 aliphatic carbocycles. The van der Waals surface area contributed by atoms with E-state index in [2.05, 4.69) is 16.0 Å². The average molecular weight is 646 g/mol. The summed E-state index contributed by atoms with van der Waals surface area (Å²) in [6.45, 7) is 2.96. The lowest BCUT2D eigenvalue weighted by Crippen LogP contribution is -2.51. The van der Waals surface area contributed by atoms with E-state index in [1.54, 1.807) is 20.1 Å². The maximum atomic E-state index is 14.5. The number of aromatic nitrogens is 4. The molecule has 1 saturated heterocycles. The highest BCUT2D eigenvalue weighted by molar-refractivity contribution is 6.00. The highest BCUT2D eigenvalue weighted by Crippen LogP contribution is 2.58. The molecule has 3 fully saturated rings. The molecule has 0 unspecified atom stereocenters. The first kappa shape index (κ1) is 30.3. The van der Waals surface area contributed by atoms with Crippen molar-refractivity contribution in [3.05, 3.63) is 41.6 Å². The molecule has 248 valence electrons. The fourth-order valence-corrected chi connectivity index (χ4v) is 8.51. The number of imidazole rings is 1. The second-order valence-corrected chi connectivity index (χ2v) is 14.1. The SMILES string of the molecule is COc1cc(C(=O)N2C[C@H](N)[C@@H]3CC[C@H]2C3)cc2nc(-c3cc4ccc5nc4n3CCCCC[C@H]3[C@H](C(=O)N[C@@H]5C)C3(F)F)n(C)c12. The Kier molecular flexibility index (Phi) is 7.09. The van der Waals surface area contributed by atoms with Crippen LogP contribution < -0.4 is 15.8 Å². The van der Waals surface area contributed by atoms with Gasteiger partial charge in [0, 0.05) is 49.1 Å². The summed E-state index contributed by atoms with van der Waals surface area (Å²) >= 11 is 0. The van der Waals surface area contributed by atoms with E-state index in [-0.39, 0.29) is 18.0 Å². The average Bonchev–Trinajstić information content (AvgIpc) is 3.45. The zero-order valence-electron chi connectivity index (χ0n) is 27.0. The molecule has 0 radical (unpaired) electrons. The Morgan fingerprint density at radius 1 is 1.11 bits per heavy atom. The maximum Gasteiger partial charge on any atom is 0.263 e. The smallest absolute Gasteiger partial charge is 0.263 e. The number of benzene rings is 1. The lowest BCUT2D eigenvalue weighted by Gasteiger charge is -2.37. The van der Waals surface area contributed by atoms with E-state index in [0.29, 0.717) is 60.2 Å². The summed E-state index contributed by atoms with van der Waals surface area (Å²) in [4.78, 5) is 38.6. The van der Waals surface area contributed by atoms with E-state index in [4.69, 9.17) is 20.4 Å². The summed E-state index contributed by atoms with van der Waals surface area (Å²) in [7, 11) is 3.54. The third kappa shape index (κ3) is 4.81. The Morgan fingerprint density at radius 3 is 2.74 bits per heavy atom. The highest BCUT2D eigenvalue weighted by Gasteiger charge is 2.71. The number of nitrogens with zero attached hydrogens (tertiary/aromatic N) is 5. The molecule has 0 spiro atoms. The van der Waals surface area contributed by atoms with E-state index in [9.17, 15) is 18.4 Å². The molecule has 3 N–H and O–H groups in total. The van der Waals surface area contributed by atoms with Gasteiger partial charge in [-0.2, -0.15) is 0 Å². The number of nitrogens with two attached hydrogens (primary N) is 1. The Balaban J connectivity index is 1.18. The van der Waals surface area contributed by atoms with Crippen LogP contribution in [0.2, 0.25) is 0 Å². The van der Waals surface area contributed by atoms with Gasteiger partial charge in [-0.25, -0.2) is 18.7 Å². The monoisotopic (exact) mass is 645 g/mol.